The van der Waals surface area contributed by atoms with Gasteiger partial charge in [0.05, 0.1) is 5.69 Å². The Balaban J connectivity index is 1.57. The van der Waals surface area contributed by atoms with Crippen molar-refractivity contribution in [1.29, 1.82) is 0 Å². The molecule has 4 heteroatoms. The highest BCUT2D eigenvalue weighted by Crippen LogP contribution is 2.34. The first-order valence-corrected chi connectivity index (χ1v) is 8.98. The molecule has 1 heterocycles. The van der Waals surface area contributed by atoms with Crippen LogP contribution in [0.1, 0.15) is 11.1 Å². The highest BCUT2D eigenvalue weighted by molar-refractivity contribution is 9.08. The van der Waals surface area contributed by atoms with E-state index in [9.17, 15) is 4.39 Å². The molecular weight excluding hydrogens is 349 g/mol. The lowest BCUT2D eigenvalue weighted by molar-refractivity contribution is 0.581. The van der Waals surface area contributed by atoms with Crippen LogP contribution in [0, 0.1) is 12.7 Å². The molecule has 0 N–H and O–H groups in total. The van der Waals surface area contributed by atoms with Gasteiger partial charge in [-0.1, -0.05) is 34.1 Å². The van der Waals surface area contributed by atoms with Crippen LogP contribution in [0.2, 0.25) is 0 Å². The van der Waals surface area contributed by atoms with Crippen molar-refractivity contribution < 1.29 is 4.39 Å². The van der Waals surface area contributed by atoms with Crippen LogP contribution < -0.4 is 4.90 Å². The van der Waals surface area contributed by atoms with Crippen LogP contribution in [0.3, 0.4) is 0 Å². The topological polar surface area (TPSA) is 3.24 Å². The quantitative estimate of drug-likeness (QED) is 0.700. The molecule has 0 bridgehead atoms. The third kappa shape index (κ3) is 3.43. The van der Waals surface area contributed by atoms with Gasteiger partial charge < -0.3 is 4.90 Å². The molecule has 1 fully saturated rings. The second-order valence-electron chi connectivity index (χ2n) is 5.38. The first-order valence-electron chi connectivity index (χ1n) is 6.98. The van der Waals surface area contributed by atoms with Gasteiger partial charge in [-0.05, 0) is 42.3 Å². The van der Waals surface area contributed by atoms with Crippen LogP contribution in [-0.4, -0.2) is 18.3 Å². The van der Waals surface area contributed by atoms with Gasteiger partial charge in [-0.15, -0.1) is 11.8 Å². The summed E-state index contributed by atoms with van der Waals surface area (Å²) < 4.78 is 13.9. The van der Waals surface area contributed by atoms with Crippen molar-refractivity contribution in [3.05, 3.63) is 59.4 Å². The van der Waals surface area contributed by atoms with Gasteiger partial charge in [-0.3, -0.25) is 0 Å². The fourth-order valence-electron chi connectivity index (χ4n) is 2.43. The zero-order chi connectivity index (χ0) is 14.8. The Kier molecular flexibility index (Phi) is 4.55. The highest BCUT2D eigenvalue weighted by Gasteiger charge is 2.29. The summed E-state index contributed by atoms with van der Waals surface area (Å²) in [5.74, 6) is -0.111. The second kappa shape index (κ2) is 6.41. The first-order chi connectivity index (χ1) is 10.2. The molecule has 110 valence electrons. The van der Waals surface area contributed by atoms with E-state index in [-0.39, 0.29) is 5.82 Å². The molecule has 2 aromatic carbocycles. The van der Waals surface area contributed by atoms with E-state index in [4.69, 9.17) is 0 Å². The Morgan fingerprint density at radius 3 is 2.52 bits per heavy atom. The molecule has 1 nitrogen and oxygen atoms in total. The largest absolute Gasteiger partial charge is 0.367 e. The first kappa shape index (κ1) is 14.9. The van der Waals surface area contributed by atoms with Gasteiger partial charge in [0.15, 0.2) is 0 Å². The molecule has 0 atom stereocenters. The fraction of sp³-hybridized carbons (Fsp3) is 0.294. The van der Waals surface area contributed by atoms with E-state index in [1.54, 1.807) is 6.07 Å². The van der Waals surface area contributed by atoms with E-state index in [1.807, 2.05) is 30.8 Å². The number of alkyl halides is 1. The summed E-state index contributed by atoms with van der Waals surface area (Å²) in [5, 5.41) is 1.43. The maximum Gasteiger partial charge on any atom is 0.146 e. The number of hydrogen-bond donors (Lipinski definition) is 0. The SMILES string of the molecule is Cc1ccc(N2CC(Sc3ccc(CBr)cc3)C2)c(F)c1. The second-order valence-corrected chi connectivity index (χ2v) is 7.31. The molecule has 0 unspecified atom stereocenters. The van der Waals surface area contributed by atoms with E-state index in [0.717, 1.165) is 29.7 Å². The summed E-state index contributed by atoms with van der Waals surface area (Å²) in [7, 11) is 0. The highest BCUT2D eigenvalue weighted by atomic mass is 79.9. The number of benzene rings is 2. The molecule has 0 amide bonds. The molecule has 0 saturated carbocycles. The van der Waals surface area contributed by atoms with E-state index in [0.29, 0.717) is 5.25 Å². The minimum Gasteiger partial charge on any atom is -0.367 e. The minimum absolute atomic E-state index is 0.111. The molecule has 1 saturated heterocycles. The average molecular weight is 366 g/mol. The smallest absolute Gasteiger partial charge is 0.146 e. The maximum atomic E-state index is 13.9. The van der Waals surface area contributed by atoms with Crippen LogP contribution in [0.25, 0.3) is 0 Å². The molecule has 3 rings (SSSR count). The van der Waals surface area contributed by atoms with Crippen molar-refractivity contribution in [3.63, 3.8) is 0 Å². The summed E-state index contributed by atoms with van der Waals surface area (Å²) in [4.78, 5) is 3.40. The van der Waals surface area contributed by atoms with Gasteiger partial charge in [-0.25, -0.2) is 4.39 Å². The Morgan fingerprint density at radius 1 is 1.19 bits per heavy atom. The number of hydrogen-bond acceptors (Lipinski definition) is 2. The summed E-state index contributed by atoms with van der Waals surface area (Å²) in [6.45, 7) is 3.73. The molecule has 1 aliphatic heterocycles. The lowest BCUT2D eigenvalue weighted by Gasteiger charge is -2.40. The van der Waals surface area contributed by atoms with Crippen LogP contribution >= 0.6 is 27.7 Å². The van der Waals surface area contributed by atoms with E-state index >= 15 is 0 Å². The zero-order valence-corrected chi connectivity index (χ0v) is 14.3. The molecule has 0 radical (unpaired) electrons. The lowest BCUT2D eigenvalue weighted by atomic mass is 10.1. The molecule has 0 aromatic heterocycles. The summed E-state index contributed by atoms with van der Waals surface area (Å²) >= 11 is 5.33. The number of halogens is 2. The Bertz CT molecular complexity index is 623. The van der Waals surface area contributed by atoms with Crippen molar-refractivity contribution in [1.82, 2.24) is 0 Å². The summed E-state index contributed by atoms with van der Waals surface area (Å²) in [6.07, 6.45) is 0. The van der Waals surface area contributed by atoms with Crippen LogP contribution in [-0.2, 0) is 5.33 Å². The molecule has 0 spiro atoms. The Morgan fingerprint density at radius 2 is 1.90 bits per heavy atom. The molecule has 1 aliphatic rings. The fourth-order valence-corrected chi connectivity index (χ4v) is 3.99. The summed E-state index contributed by atoms with van der Waals surface area (Å²) in [6, 6.07) is 14.1. The molecule has 21 heavy (non-hydrogen) atoms. The minimum atomic E-state index is -0.111. The predicted octanol–water partition coefficient (Wildman–Crippen LogP) is 5.01. The predicted molar refractivity (Wildman–Crippen MR) is 92.1 cm³/mol. The lowest BCUT2D eigenvalue weighted by Crippen LogP contribution is -2.49. The van der Waals surface area contributed by atoms with Crippen LogP contribution in [0.15, 0.2) is 47.4 Å². The number of anilines is 1. The normalized spacial score (nSPS) is 15.1. The van der Waals surface area contributed by atoms with Gasteiger partial charge >= 0.3 is 0 Å². The van der Waals surface area contributed by atoms with Crippen LogP contribution in [0.4, 0.5) is 10.1 Å². The van der Waals surface area contributed by atoms with Crippen molar-refractivity contribution in [2.75, 3.05) is 18.0 Å². The molecule has 0 aliphatic carbocycles. The zero-order valence-electron chi connectivity index (χ0n) is 11.9. The molecular formula is C17H17BrFNS. The third-order valence-electron chi connectivity index (χ3n) is 3.67. The summed E-state index contributed by atoms with van der Waals surface area (Å²) in [5.41, 5.74) is 2.98. The average Bonchev–Trinajstić information content (AvgIpc) is 2.44. The van der Waals surface area contributed by atoms with Gasteiger partial charge in [0.25, 0.3) is 0 Å². The monoisotopic (exact) mass is 365 g/mol. The number of nitrogens with zero attached hydrogens (tertiary/aromatic N) is 1. The van der Waals surface area contributed by atoms with Gasteiger partial charge in [0, 0.05) is 28.6 Å². The van der Waals surface area contributed by atoms with E-state index in [1.165, 1.54) is 10.5 Å². The van der Waals surface area contributed by atoms with Crippen molar-refractivity contribution >= 4 is 33.4 Å². The number of rotatable bonds is 4. The third-order valence-corrected chi connectivity index (χ3v) is 5.50. The van der Waals surface area contributed by atoms with Gasteiger partial charge in [0.1, 0.15) is 5.82 Å². The maximum absolute atomic E-state index is 13.9. The number of thioether (sulfide) groups is 1. The van der Waals surface area contributed by atoms with Gasteiger partial charge in [-0.2, -0.15) is 0 Å². The van der Waals surface area contributed by atoms with Crippen molar-refractivity contribution in [2.24, 2.45) is 0 Å². The van der Waals surface area contributed by atoms with E-state index < -0.39 is 0 Å². The molecule has 2 aromatic rings. The van der Waals surface area contributed by atoms with Crippen molar-refractivity contribution in [3.8, 4) is 0 Å². The number of aryl methyl sites for hydroxylation is 1. The Labute approximate surface area is 137 Å². The Hall–Kier alpha value is -1.00. The standard InChI is InChI=1S/C17H17BrFNS/c1-12-2-7-17(16(19)8-12)20-10-15(11-20)21-14-5-3-13(9-18)4-6-14/h2-8,15H,9-11H2,1H3. The van der Waals surface area contributed by atoms with Gasteiger partial charge in [0.2, 0.25) is 0 Å². The van der Waals surface area contributed by atoms with E-state index in [2.05, 4.69) is 45.1 Å². The van der Waals surface area contributed by atoms with Crippen molar-refractivity contribution in [2.45, 2.75) is 22.4 Å². The van der Waals surface area contributed by atoms with Crippen LogP contribution in [0.5, 0.6) is 0 Å².